The molecule has 5 heteroatoms. The van der Waals surface area contributed by atoms with Gasteiger partial charge in [-0.2, -0.15) is 0 Å². The minimum atomic E-state index is 0.251. The minimum absolute atomic E-state index is 0.251. The van der Waals surface area contributed by atoms with Crippen molar-refractivity contribution in [1.29, 1.82) is 0 Å². The van der Waals surface area contributed by atoms with Crippen LogP contribution in [0.3, 0.4) is 0 Å². The number of unbranched alkanes of at least 4 members (excludes halogenated alkanes) is 1. The summed E-state index contributed by atoms with van der Waals surface area (Å²) in [7, 11) is 0. The number of nitrogens with one attached hydrogen (secondary N) is 1. The van der Waals surface area contributed by atoms with Crippen molar-refractivity contribution in [2.75, 3.05) is 26.6 Å². The third-order valence-corrected chi connectivity index (χ3v) is 3.38. The van der Waals surface area contributed by atoms with E-state index in [0.29, 0.717) is 10.8 Å². The number of fused-ring (bicyclic) bond motifs is 1. The first kappa shape index (κ1) is 15.4. The average molecular weight is 300 g/mol. The Bertz CT molecular complexity index is 426. The smallest absolute Gasteiger partial charge is 0.231 e. The maximum absolute atomic E-state index is 6.13. The fourth-order valence-electron chi connectivity index (χ4n) is 2.00. The van der Waals surface area contributed by atoms with Crippen molar-refractivity contribution >= 4 is 11.6 Å². The Kier molecular flexibility index (Phi) is 6.43. The molecule has 1 N–H and O–H groups in total. The van der Waals surface area contributed by atoms with Gasteiger partial charge in [0.25, 0.3) is 0 Å². The molecule has 0 saturated heterocycles. The predicted molar refractivity (Wildman–Crippen MR) is 79.6 cm³/mol. The normalized spacial score (nSPS) is 12.9. The summed E-state index contributed by atoms with van der Waals surface area (Å²) in [5.41, 5.74) is 1.10. The minimum Gasteiger partial charge on any atom is -0.454 e. The van der Waals surface area contributed by atoms with E-state index >= 15 is 0 Å². The van der Waals surface area contributed by atoms with Gasteiger partial charge in [-0.25, -0.2) is 0 Å². The van der Waals surface area contributed by atoms with Gasteiger partial charge < -0.3 is 19.5 Å². The molecule has 0 atom stereocenters. The lowest BCUT2D eigenvalue weighted by Crippen LogP contribution is -2.16. The zero-order valence-electron chi connectivity index (χ0n) is 11.9. The average Bonchev–Trinajstić information content (AvgIpc) is 2.91. The highest BCUT2D eigenvalue weighted by Gasteiger charge is 2.17. The van der Waals surface area contributed by atoms with Crippen LogP contribution >= 0.6 is 11.6 Å². The molecule has 0 aliphatic carbocycles. The fourth-order valence-corrected chi connectivity index (χ4v) is 2.29. The Balaban J connectivity index is 1.64. The number of hydrogen-bond donors (Lipinski definition) is 1. The van der Waals surface area contributed by atoms with Crippen molar-refractivity contribution in [2.45, 2.75) is 32.7 Å². The lowest BCUT2D eigenvalue weighted by molar-refractivity contribution is 0.129. The monoisotopic (exact) mass is 299 g/mol. The Morgan fingerprint density at radius 3 is 2.95 bits per heavy atom. The maximum atomic E-state index is 6.13. The Labute approximate surface area is 125 Å². The van der Waals surface area contributed by atoms with Gasteiger partial charge in [0.15, 0.2) is 11.5 Å². The molecule has 0 aromatic heterocycles. The van der Waals surface area contributed by atoms with E-state index < -0.39 is 0 Å². The van der Waals surface area contributed by atoms with Crippen LogP contribution in [0.15, 0.2) is 12.1 Å². The van der Waals surface area contributed by atoms with Crippen molar-refractivity contribution in [3.8, 4) is 11.5 Å². The molecule has 0 fully saturated rings. The molecule has 112 valence electrons. The van der Waals surface area contributed by atoms with Crippen LogP contribution in [0.25, 0.3) is 0 Å². The van der Waals surface area contributed by atoms with Gasteiger partial charge in [-0.3, -0.25) is 0 Å². The maximum Gasteiger partial charge on any atom is 0.231 e. The molecule has 2 rings (SSSR count). The van der Waals surface area contributed by atoms with Crippen molar-refractivity contribution in [3.05, 3.63) is 22.7 Å². The molecular formula is C15H22ClNO3. The Morgan fingerprint density at radius 1 is 1.25 bits per heavy atom. The molecule has 0 radical (unpaired) electrons. The predicted octanol–water partition coefficient (Wildman–Crippen LogP) is 3.37. The van der Waals surface area contributed by atoms with E-state index in [0.717, 1.165) is 50.5 Å². The highest BCUT2D eigenvalue weighted by molar-refractivity contribution is 6.32. The number of hydrogen-bond acceptors (Lipinski definition) is 4. The van der Waals surface area contributed by atoms with Gasteiger partial charge in [0.1, 0.15) is 0 Å². The van der Waals surface area contributed by atoms with Crippen molar-refractivity contribution in [1.82, 2.24) is 5.32 Å². The van der Waals surface area contributed by atoms with Crippen LogP contribution in [0, 0.1) is 0 Å². The quantitative estimate of drug-likeness (QED) is 0.710. The summed E-state index contributed by atoms with van der Waals surface area (Å²) in [5.74, 6) is 1.39. The van der Waals surface area contributed by atoms with Gasteiger partial charge in [0.05, 0.1) is 5.02 Å². The van der Waals surface area contributed by atoms with Crippen LogP contribution < -0.4 is 14.8 Å². The lowest BCUT2D eigenvalue weighted by atomic mass is 10.2. The zero-order valence-corrected chi connectivity index (χ0v) is 12.7. The molecule has 1 aromatic carbocycles. The van der Waals surface area contributed by atoms with Crippen LogP contribution in [-0.4, -0.2) is 26.6 Å². The molecule has 0 saturated carbocycles. The van der Waals surface area contributed by atoms with Gasteiger partial charge in [-0.15, -0.1) is 0 Å². The lowest BCUT2D eigenvalue weighted by Gasteiger charge is -2.07. The van der Waals surface area contributed by atoms with E-state index in [1.807, 2.05) is 12.1 Å². The van der Waals surface area contributed by atoms with E-state index in [1.165, 1.54) is 6.42 Å². The van der Waals surface area contributed by atoms with Crippen LogP contribution in [0.5, 0.6) is 11.5 Å². The number of rotatable bonds is 9. The SMILES string of the molecule is CCCCOCCCNCc1cc(Cl)c2c(c1)OCO2. The van der Waals surface area contributed by atoms with Gasteiger partial charge in [0.2, 0.25) is 6.79 Å². The summed E-state index contributed by atoms with van der Waals surface area (Å²) >= 11 is 6.13. The highest BCUT2D eigenvalue weighted by atomic mass is 35.5. The van der Waals surface area contributed by atoms with Gasteiger partial charge in [-0.1, -0.05) is 24.9 Å². The van der Waals surface area contributed by atoms with Crippen LogP contribution in [0.4, 0.5) is 0 Å². The molecule has 0 amide bonds. The molecule has 4 nitrogen and oxygen atoms in total. The Hall–Kier alpha value is -0.970. The largest absolute Gasteiger partial charge is 0.454 e. The van der Waals surface area contributed by atoms with E-state index in [9.17, 15) is 0 Å². The van der Waals surface area contributed by atoms with E-state index in [1.54, 1.807) is 0 Å². The summed E-state index contributed by atoms with van der Waals surface area (Å²) in [6.07, 6.45) is 3.34. The summed E-state index contributed by atoms with van der Waals surface area (Å²) in [4.78, 5) is 0. The molecule has 1 aromatic rings. The molecule has 20 heavy (non-hydrogen) atoms. The van der Waals surface area contributed by atoms with Gasteiger partial charge in [-0.05, 0) is 37.1 Å². The standard InChI is InChI=1S/C15H22ClNO3/c1-2-3-6-18-7-4-5-17-10-12-8-13(16)15-14(9-12)19-11-20-15/h8-9,17H,2-7,10-11H2,1H3. The van der Waals surface area contributed by atoms with Gasteiger partial charge in [0, 0.05) is 19.8 Å². The molecule has 0 spiro atoms. The number of halogens is 1. The topological polar surface area (TPSA) is 39.7 Å². The first-order valence-corrected chi connectivity index (χ1v) is 7.55. The summed E-state index contributed by atoms with van der Waals surface area (Å²) in [6.45, 7) is 5.80. The van der Waals surface area contributed by atoms with E-state index in [4.69, 9.17) is 25.8 Å². The third-order valence-electron chi connectivity index (χ3n) is 3.10. The zero-order chi connectivity index (χ0) is 14.2. The van der Waals surface area contributed by atoms with Crippen molar-refractivity contribution in [3.63, 3.8) is 0 Å². The molecular weight excluding hydrogens is 278 g/mol. The molecule has 1 aliphatic heterocycles. The number of benzene rings is 1. The number of ether oxygens (including phenoxy) is 3. The van der Waals surface area contributed by atoms with E-state index in [-0.39, 0.29) is 6.79 Å². The summed E-state index contributed by atoms with van der Waals surface area (Å²) in [5, 5.41) is 3.99. The third kappa shape index (κ3) is 4.54. The van der Waals surface area contributed by atoms with Gasteiger partial charge >= 0.3 is 0 Å². The van der Waals surface area contributed by atoms with Crippen LogP contribution in [-0.2, 0) is 11.3 Å². The molecule has 0 unspecified atom stereocenters. The highest BCUT2D eigenvalue weighted by Crippen LogP contribution is 2.39. The van der Waals surface area contributed by atoms with Crippen molar-refractivity contribution < 1.29 is 14.2 Å². The molecule has 1 heterocycles. The molecule has 0 bridgehead atoms. The second-order valence-electron chi connectivity index (χ2n) is 4.81. The van der Waals surface area contributed by atoms with Crippen LogP contribution in [0.2, 0.25) is 5.02 Å². The summed E-state index contributed by atoms with van der Waals surface area (Å²) < 4.78 is 16.1. The second kappa shape index (κ2) is 8.35. The van der Waals surface area contributed by atoms with Crippen LogP contribution in [0.1, 0.15) is 31.7 Å². The Morgan fingerprint density at radius 2 is 2.10 bits per heavy atom. The van der Waals surface area contributed by atoms with Crippen molar-refractivity contribution in [2.24, 2.45) is 0 Å². The second-order valence-corrected chi connectivity index (χ2v) is 5.21. The first-order valence-electron chi connectivity index (χ1n) is 7.17. The fraction of sp³-hybridized carbons (Fsp3) is 0.600. The first-order chi connectivity index (χ1) is 9.81. The summed E-state index contributed by atoms with van der Waals surface area (Å²) in [6, 6.07) is 3.89. The molecule has 1 aliphatic rings. The van der Waals surface area contributed by atoms with E-state index in [2.05, 4.69) is 12.2 Å².